The molecule has 108 valence electrons. The second kappa shape index (κ2) is 4.71. The van der Waals surface area contributed by atoms with Crippen molar-refractivity contribution in [3.8, 4) is 0 Å². The minimum Gasteiger partial charge on any atom is -0.394 e. The van der Waals surface area contributed by atoms with Gasteiger partial charge in [0.1, 0.15) is 5.82 Å². The molecule has 0 amide bonds. The van der Waals surface area contributed by atoms with E-state index in [1.54, 1.807) is 7.11 Å². The van der Waals surface area contributed by atoms with Crippen molar-refractivity contribution < 1.29 is 4.74 Å². The standard InChI is InChI=1S/C14H26N4O/c1-8(2)12-11(15)13(18(5)17-12)16-9-7-10(19-6)14(9,3)4/h8-10,16H,7,15H2,1-6H3. The first-order valence-corrected chi connectivity index (χ1v) is 6.90. The van der Waals surface area contributed by atoms with E-state index in [0.717, 1.165) is 23.6 Å². The van der Waals surface area contributed by atoms with Gasteiger partial charge in [0.25, 0.3) is 0 Å². The summed E-state index contributed by atoms with van der Waals surface area (Å²) in [4.78, 5) is 0. The third kappa shape index (κ3) is 2.20. The van der Waals surface area contributed by atoms with Crippen LogP contribution in [0, 0.1) is 5.41 Å². The van der Waals surface area contributed by atoms with Crippen LogP contribution in [0.4, 0.5) is 11.5 Å². The highest BCUT2D eigenvalue weighted by molar-refractivity contribution is 5.66. The molecule has 1 aromatic rings. The van der Waals surface area contributed by atoms with Crippen molar-refractivity contribution in [1.82, 2.24) is 9.78 Å². The molecule has 2 unspecified atom stereocenters. The summed E-state index contributed by atoms with van der Waals surface area (Å²) in [6.45, 7) is 8.66. The zero-order valence-electron chi connectivity index (χ0n) is 12.8. The average molecular weight is 266 g/mol. The Balaban J connectivity index is 2.17. The van der Waals surface area contributed by atoms with Crippen molar-refractivity contribution >= 4 is 11.5 Å². The first kappa shape index (κ1) is 14.2. The van der Waals surface area contributed by atoms with Crippen LogP contribution in [0.2, 0.25) is 0 Å². The SMILES string of the molecule is COC1CC(Nc2c(N)c(C(C)C)nn2C)C1(C)C. The van der Waals surface area contributed by atoms with E-state index in [4.69, 9.17) is 10.5 Å². The summed E-state index contributed by atoms with van der Waals surface area (Å²) in [5.74, 6) is 1.26. The van der Waals surface area contributed by atoms with E-state index in [1.165, 1.54) is 0 Å². The topological polar surface area (TPSA) is 65.1 Å². The Kier molecular flexibility index (Phi) is 3.51. The number of nitrogen functional groups attached to an aromatic ring is 1. The van der Waals surface area contributed by atoms with Gasteiger partial charge in [0.05, 0.1) is 17.5 Å². The number of aryl methyl sites for hydroxylation is 1. The van der Waals surface area contributed by atoms with Gasteiger partial charge in [-0.3, -0.25) is 4.68 Å². The van der Waals surface area contributed by atoms with Crippen LogP contribution < -0.4 is 11.1 Å². The summed E-state index contributed by atoms with van der Waals surface area (Å²) in [6, 6.07) is 0.371. The predicted octanol–water partition coefficient (Wildman–Crippen LogP) is 2.35. The van der Waals surface area contributed by atoms with Gasteiger partial charge in [0.2, 0.25) is 0 Å². The van der Waals surface area contributed by atoms with Crippen molar-refractivity contribution in [3.63, 3.8) is 0 Å². The van der Waals surface area contributed by atoms with Crippen LogP contribution in [0.25, 0.3) is 0 Å². The number of hydrogen-bond donors (Lipinski definition) is 2. The van der Waals surface area contributed by atoms with E-state index in [2.05, 4.69) is 38.1 Å². The number of methoxy groups -OCH3 is 1. The Morgan fingerprint density at radius 3 is 2.53 bits per heavy atom. The molecule has 1 aromatic heterocycles. The van der Waals surface area contributed by atoms with Gasteiger partial charge in [0.15, 0.2) is 0 Å². The smallest absolute Gasteiger partial charge is 0.148 e. The lowest BCUT2D eigenvalue weighted by molar-refractivity contribution is -0.0796. The van der Waals surface area contributed by atoms with E-state index in [-0.39, 0.29) is 5.41 Å². The zero-order chi connectivity index (χ0) is 14.4. The largest absolute Gasteiger partial charge is 0.394 e. The summed E-state index contributed by atoms with van der Waals surface area (Å²) in [5, 5.41) is 8.05. The van der Waals surface area contributed by atoms with E-state index in [9.17, 15) is 0 Å². The Morgan fingerprint density at radius 2 is 2.11 bits per heavy atom. The summed E-state index contributed by atoms with van der Waals surface area (Å²) >= 11 is 0. The number of nitrogens with one attached hydrogen (secondary N) is 1. The van der Waals surface area contributed by atoms with Crippen LogP contribution in [0.3, 0.4) is 0 Å². The summed E-state index contributed by atoms with van der Waals surface area (Å²) in [5.41, 5.74) is 8.06. The van der Waals surface area contributed by atoms with Crippen molar-refractivity contribution in [2.75, 3.05) is 18.2 Å². The minimum atomic E-state index is 0.115. The molecule has 1 fully saturated rings. The Bertz CT molecular complexity index is 464. The van der Waals surface area contributed by atoms with Crippen molar-refractivity contribution in [3.05, 3.63) is 5.69 Å². The molecule has 1 aliphatic rings. The van der Waals surface area contributed by atoms with Gasteiger partial charge in [-0.15, -0.1) is 0 Å². The van der Waals surface area contributed by atoms with Crippen LogP contribution in [0.1, 0.15) is 45.7 Å². The Hall–Kier alpha value is -1.23. The summed E-state index contributed by atoms with van der Waals surface area (Å²) in [6.07, 6.45) is 1.31. The van der Waals surface area contributed by atoms with Crippen LogP contribution >= 0.6 is 0 Å². The molecule has 0 bridgehead atoms. The van der Waals surface area contributed by atoms with Gasteiger partial charge >= 0.3 is 0 Å². The number of aromatic nitrogens is 2. The highest BCUT2D eigenvalue weighted by Gasteiger charge is 2.49. The molecule has 5 heteroatoms. The summed E-state index contributed by atoms with van der Waals surface area (Å²) in [7, 11) is 3.71. The van der Waals surface area contributed by atoms with Crippen molar-refractivity contribution in [1.29, 1.82) is 0 Å². The minimum absolute atomic E-state index is 0.115. The monoisotopic (exact) mass is 266 g/mol. The lowest BCUT2D eigenvalue weighted by Crippen LogP contribution is -2.57. The Labute approximate surface area is 115 Å². The molecule has 0 radical (unpaired) electrons. The molecule has 1 saturated carbocycles. The van der Waals surface area contributed by atoms with Gasteiger partial charge in [0, 0.05) is 25.6 Å². The molecule has 3 N–H and O–H groups in total. The summed E-state index contributed by atoms with van der Waals surface area (Å²) < 4.78 is 7.33. The second-order valence-electron chi connectivity index (χ2n) is 6.40. The molecule has 0 saturated heterocycles. The molecule has 1 heterocycles. The first-order chi connectivity index (χ1) is 8.78. The molecule has 0 aromatic carbocycles. The molecular weight excluding hydrogens is 240 g/mol. The van der Waals surface area contributed by atoms with Gasteiger partial charge < -0.3 is 15.8 Å². The number of ether oxygens (including phenoxy) is 1. The molecule has 2 atom stereocenters. The molecule has 0 aliphatic heterocycles. The van der Waals surface area contributed by atoms with Crippen LogP contribution in [0.5, 0.6) is 0 Å². The fourth-order valence-electron chi connectivity index (χ4n) is 2.85. The van der Waals surface area contributed by atoms with E-state index < -0.39 is 0 Å². The quantitative estimate of drug-likeness (QED) is 0.878. The average Bonchev–Trinajstić information content (AvgIpc) is 2.60. The van der Waals surface area contributed by atoms with Crippen LogP contribution in [-0.4, -0.2) is 29.0 Å². The molecule has 0 spiro atoms. The Morgan fingerprint density at radius 1 is 1.47 bits per heavy atom. The molecule has 19 heavy (non-hydrogen) atoms. The van der Waals surface area contributed by atoms with Gasteiger partial charge in [-0.2, -0.15) is 5.10 Å². The maximum Gasteiger partial charge on any atom is 0.148 e. The number of anilines is 2. The third-order valence-electron chi connectivity index (χ3n) is 4.43. The highest BCUT2D eigenvalue weighted by Crippen LogP contribution is 2.44. The van der Waals surface area contributed by atoms with E-state index >= 15 is 0 Å². The fourth-order valence-corrected chi connectivity index (χ4v) is 2.85. The van der Waals surface area contributed by atoms with E-state index in [0.29, 0.717) is 18.1 Å². The predicted molar refractivity (Wildman–Crippen MR) is 78.3 cm³/mol. The first-order valence-electron chi connectivity index (χ1n) is 6.90. The molecule has 1 aliphatic carbocycles. The normalized spacial score (nSPS) is 25.4. The van der Waals surface area contributed by atoms with Crippen LogP contribution in [-0.2, 0) is 11.8 Å². The number of hydrogen-bond acceptors (Lipinski definition) is 4. The lowest BCUT2D eigenvalue weighted by Gasteiger charge is -2.51. The van der Waals surface area contributed by atoms with E-state index in [1.807, 2.05) is 11.7 Å². The maximum absolute atomic E-state index is 6.21. The van der Waals surface area contributed by atoms with Gasteiger partial charge in [-0.25, -0.2) is 0 Å². The lowest BCUT2D eigenvalue weighted by atomic mass is 9.64. The van der Waals surface area contributed by atoms with Gasteiger partial charge in [-0.05, 0) is 12.3 Å². The maximum atomic E-state index is 6.21. The van der Waals surface area contributed by atoms with Crippen molar-refractivity contribution in [2.24, 2.45) is 12.5 Å². The second-order valence-corrected chi connectivity index (χ2v) is 6.40. The van der Waals surface area contributed by atoms with Gasteiger partial charge in [-0.1, -0.05) is 27.7 Å². The molecule has 2 rings (SSSR count). The third-order valence-corrected chi connectivity index (χ3v) is 4.43. The molecular formula is C14H26N4O. The van der Waals surface area contributed by atoms with Crippen molar-refractivity contribution in [2.45, 2.75) is 52.2 Å². The fraction of sp³-hybridized carbons (Fsp3) is 0.786. The number of nitrogens with two attached hydrogens (primary N) is 1. The zero-order valence-corrected chi connectivity index (χ0v) is 12.8. The number of rotatable bonds is 4. The number of nitrogens with zero attached hydrogens (tertiary/aromatic N) is 2. The van der Waals surface area contributed by atoms with Crippen LogP contribution in [0.15, 0.2) is 0 Å². The molecule has 5 nitrogen and oxygen atoms in total. The highest BCUT2D eigenvalue weighted by atomic mass is 16.5.